The van der Waals surface area contributed by atoms with E-state index in [0.29, 0.717) is 5.56 Å². The minimum Gasteiger partial charge on any atom is -0.406 e. The Hall–Kier alpha value is -2.22. The van der Waals surface area contributed by atoms with E-state index in [1.165, 1.54) is 18.2 Å². The molecule has 1 radical (unpaired) electrons. The molecule has 0 fully saturated rings. The summed E-state index contributed by atoms with van der Waals surface area (Å²) in [6.07, 6.45) is -4.89. The van der Waals surface area contributed by atoms with Crippen molar-refractivity contribution in [3.8, 4) is 5.75 Å². The third-order valence-corrected chi connectivity index (χ3v) is 3.93. The van der Waals surface area contributed by atoms with Crippen molar-refractivity contribution < 1.29 is 26.3 Å². The number of benzene rings is 2. The van der Waals surface area contributed by atoms with Gasteiger partial charge in [-0.3, -0.25) is 4.72 Å². The average molecular weight is 330 g/mol. The van der Waals surface area contributed by atoms with Crippen molar-refractivity contribution >= 4 is 15.7 Å². The minimum atomic E-state index is -4.89. The van der Waals surface area contributed by atoms with Crippen molar-refractivity contribution in [1.29, 1.82) is 0 Å². The molecule has 0 aromatic heterocycles. The number of nitrogens with one attached hydrogen (secondary N) is 1. The van der Waals surface area contributed by atoms with Crippen LogP contribution in [-0.4, -0.2) is 14.8 Å². The SMILES string of the molecule is [CH2]c1ccc(NS(=O)(=O)c2cccc(OC(F)(F)F)c2)cc1. The molecule has 0 spiro atoms. The lowest BCUT2D eigenvalue weighted by Gasteiger charge is -2.11. The van der Waals surface area contributed by atoms with Crippen molar-refractivity contribution in [2.45, 2.75) is 11.3 Å². The van der Waals surface area contributed by atoms with Gasteiger partial charge in [-0.05, 0) is 36.8 Å². The van der Waals surface area contributed by atoms with Gasteiger partial charge in [-0.1, -0.05) is 18.2 Å². The Morgan fingerprint density at radius 2 is 1.68 bits per heavy atom. The predicted molar refractivity (Wildman–Crippen MR) is 74.8 cm³/mol. The summed E-state index contributed by atoms with van der Waals surface area (Å²) in [4.78, 5) is -0.340. The second-order valence-corrected chi connectivity index (χ2v) is 6.01. The van der Waals surface area contributed by atoms with E-state index in [-0.39, 0.29) is 10.6 Å². The first-order valence-electron chi connectivity index (χ1n) is 5.96. The van der Waals surface area contributed by atoms with E-state index in [4.69, 9.17) is 0 Å². The maximum absolute atomic E-state index is 12.2. The number of sulfonamides is 1. The number of rotatable bonds is 4. The summed E-state index contributed by atoms with van der Waals surface area (Å²) in [6.45, 7) is 3.66. The molecule has 2 aromatic rings. The van der Waals surface area contributed by atoms with Gasteiger partial charge in [-0.2, -0.15) is 0 Å². The smallest absolute Gasteiger partial charge is 0.406 e. The number of hydrogen-bond donors (Lipinski definition) is 1. The molecule has 0 heterocycles. The highest BCUT2D eigenvalue weighted by Crippen LogP contribution is 2.25. The van der Waals surface area contributed by atoms with Gasteiger partial charge in [0, 0.05) is 11.8 Å². The Bertz CT molecular complexity index is 756. The van der Waals surface area contributed by atoms with E-state index >= 15 is 0 Å². The quantitative estimate of drug-likeness (QED) is 0.932. The van der Waals surface area contributed by atoms with Gasteiger partial charge in [0.15, 0.2) is 0 Å². The van der Waals surface area contributed by atoms with Gasteiger partial charge in [-0.25, -0.2) is 8.42 Å². The van der Waals surface area contributed by atoms with Gasteiger partial charge in [0.05, 0.1) is 4.90 Å². The lowest BCUT2D eigenvalue weighted by atomic mass is 10.2. The summed E-state index contributed by atoms with van der Waals surface area (Å²) in [5, 5.41) is 0. The van der Waals surface area contributed by atoms with Crippen LogP contribution in [-0.2, 0) is 10.0 Å². The van der Waals surface area contributed by atoms with Crippen LogP contribution in [0, 0.1) is 6.92 Å². The zero-order valence-electron chi connectivity index (χ0n) is 11.1. The van der Waals surface area contributed by atoms with Crippen LogP contribution in [0.15, 0.2) is 53.4 Å². The lowest BCUT2D eigenvalue weighted by molar-refractivity contribution is -0.274. The largest absolute Gasteiger partial charge is 0.573 e. The number of ether oxygens (including phenoxy) is 1. The van der Waals surface area contributed by atoms with E-state index in [1.807, 2.05) is 0 Å². The Labute approximate surface area is 125 Å². The van der Waals surface area contributed by atoms with Gasteiger partial charge in [0.25, 0.3) is 10.0 Å². The maximum Gasteiger partial charge on any atom is 0.573 e. The Balaban J connectivity index is 2.25. The molecule has 1 N–H and O–H groups in total. The van der Waals surface area contributed by atoms with Crippen LogP contribution in [0.3, 0.4) is 0 Å². The number of halogens is 3. The van der Waals surface area contributed by atoms with E-state index in [2.05, 4.69) is 16.4 Å². The van der Waals surface area contributed by atoms with Crippen molar-refractivity contribution in [3.63, 3.8) is 0 Å². The normalized spacial score (nSPS) is 12.0. The van der Waals surface area contributed by atoms with Crippen molar-refractivity contribution in [2.24, 2.45) is 0 Å². The van der Waals surface area contributed by atoms with Gasteiger partial charge in [0.2, 0.25) is 0 Å². The van der Waals surface area contributed by atoms with Crippen LogP contribution < -0.4 is 9.46 Å². The molecule has 0 atom stereocenters. The molecule has 2 aromatic carbocycles. The molecule has 8 heteroatoms. The zero-order valence-corrected chi connectivity index (χ0v) is 11.9. The molecule has 22 heavy (non-hydrogen) atoms. The van der Waals surface area contributed by atoms with E-state index in [0.717, 1.165) is 18.2 Å². The van der Waals surface area contributed by atoms with Crippen molar-refractivity contribution in [1.82, 2.24) is 0 Å². The standard InChI is InChI=1S/C14H11F3NO3S/c1-10-5-7-11(8-6-10)18-22(19,20)13-4-2-3-12(9-13)21-14(15,16)17/h2-9,18H,1H2. The molecule has 0 amide bonds. The number of hydrogen-bond acceptors (Lipinski definition) is 3. The monoisotopic (exact) mass is 330 g/mol. The summed E-state index contributed by atoms with van der Waals surface area (Å²) in [6, 6.07) is 10.3. The van der Waals surface area contributed by atoms with Crippen LogP contribution in [0.2, 0.25) is 0 Å². The van der Waals surface area contributed by atoms with E-state index in [9.17, 15) is 21.6 Å². The molecule has 0 bridgehead atoms. The molecular weight excluding hydrogens is 319 g/mol. The molecular formula is C14H11F3NO3S. The summed E-state index contributed by atoms with van der Waals surface area (Å²) < 4.78 is 66.7. The van der Waals surface area contributed by atoms with Gasteiger partial charge in [0.1, 0.15) is 5.75 Å². The fourth-order valence-electron chi connectivity index (χ4n) is 1.63. The molecule has 4 nitrogen and oxygen atoms in total. The first kappa shape index (κ1) is 16.2. The topological polar surface area (TPSA) is 55.4 Å². The molecule has 2 rings (SSSR count). The molecule has 0 saturated heterocycles. The highest BCUT2D eigenvalue weighted by molar-refractivity contribution is 7.92. The minimum absolute atomic E-state index is 0.273. The highest BCUT2D eigenvalue weighted by Gasteiger charge is 2.31. The van der Waals surface area contributed by atoms with Gasteiger partial charge >= 0.3 is 6.36 Å². The zero-order chi connectivity index (χ0) is 16.4. The molecule has 117 valence electrons. The predicted octanol–water partition coefficient (Wildman–Crippen LogP) is 3.57. The van der Waals surface area contributed by atoms with Gasteiger partial charge < -0.3 is 4.74 Å². The Morgan fingerprint density at radius 1 is 1.05 bits per heavy atom. The molecule has 0 aliphatic heterocycles. The molecule has 0 unspecified atom stereocenters. The fraction of sp³-hybridized carbons (Fsp3) is 0.0714. The third kappa shape index (κ3) is 4.39. The summed E-state index contributed by atoms with van der Waals surface area (Å²) in [7, 11) is -4.02. The lowest BCUT2D eigenvalue weighted by Crippen LogP contribution is -2.18. The van der Waals surface area contributed by atoms with Crippen molar-refractivity contribution in [2.75, 3.05) is 4.72 Å². The molecule has 0 aliphatic carbocycles. The van der Waals surface area contributed by atoms with Crippen LogP contribution in [0.25, 0.3) is 0 Å². The third-order valence-electron chi connectivity index (χ3n) is 2.56. The van der Waals surface area contributed by atoms with Crippen LogP contribution >= 0.6 is 0 Å². The first-order chi connectivity index (χ1) is 10.2. The molecule has 0 aliphatic rings. The van der Waals surface area contributed by atoms with Crippen molar-refractivity contribution in [3.05, 3.63) is 61.0 Å². The second kappa shape index (κ2) is 5.88. The van der Waals surface area contributed by atoms with Crippen LogP contribution in [0.4, 0.5) is 18.9 Å². The molecule has 0 saturated carbocycles. The van der Waals surface area contributed by atoms with E-state index < -0.39 is 22.1 Å². The van der Waals surface area contributed by atoms with Gasteiger partial charge in [-0.15, -0.1) is 13.2 Å². The second-order valence-electron chi connectivity index (χ2n) is 4.33. The van der Waals surface area contributed by atoms with E-state index in [1.54, 1.807) is 12.1 Å². The fourth-order valence-corrected chi connectivity index (χ4v) is 2.72. The Kier molecular flexibility index (Phi) is 4.32. The summed E-state index contributed by atoms with van der Waals surface area (Å²) in [5.74, 6) is -0.608. The first-order valence-corrected chi connectivity index (χ1v) is 7.45. The number of alkyl halides is 3. The summed E-state index contributed by atoms with van der Waals surface area (Å²) >= 11 is 0. The number of anilines is 1. The summed E-state index contributed by atoms with van der Waals surface area (Å²) in [5.41, 5.74) is 0.970. The average Bonchev–Trinajstić information content (AvgIpc) is 2.40. The maximum atomic E-state index is 12.2. The highest BCUT2D eigenvalue weighted by atomic mass is 32.2. The van der Waals surface area contributed by atoms with Crippen LogP contribution in [0.5, 0.6) is 5.75 Å². The Morgan fingerprint density at radius 3 is 2.27 bits per heavy atom. The van der Waals surface area contributed by atoms with Crippen LogP contribution in [0.1, 0.15) is 5.56 Å².